The quantitative estimate of drug-likeness (QED) is 0.629. The smallest absolute Gasteiger partial charge is 0.216 e. The number of hydrogen-bond acceptors (Lipinski definition) is 3. The minimum Gasteiger partial charge on any atom is -0.218 e. The highest BCUT2D eigenvalue weighted by Gasteiger charge is 2.21. The first kappa shape index (κ1) is 16.9. The summed E-state index contributed by atoms with van der Waals surface area (Å²) in [6, 6.07) is 10.0. The molecule has 0 aliphatic rings. The van der Waals surface area contributed by atoms with E-state index in [2.05, 4.69) is 0 Å². The molecule has 0 aliphatic carbocycles. The van der Waals surface area contributed by atoms with Gasteiger partial charge in [-0.1, -0.05) is 17.7 Å². The van der Waals surface area contributed by atoms with Crippen LogP contribution in [0.25, 0.3) is 6.08 Å². The summed E-state index contributed by atoms with van der Waals surface area (Å²) in [6.07, 6.45) is 1.38. The molecular weight excluding hydrogens is 313 g/mol. The Balaban J connectivity index is 2.60. The SMILES string of the molecule is Cc1cc(C)c(C=C(C#N)S(=O)(=O)c2ccc(F)cc2)c(C)c1. The van der Waals surface area contributed by atoms with Gasteiger partial charge >= 0.3 is 0 Å². The van der Waals surface area contributed by atoms with Crippen LogP contribution in [-0.4, -0.2) is 8.42 Å². The molecule has 0 aliphatic heterocycles. The van der Waals surface area contributed by atoms with Gasteiger partial charge in [0.1, 0.15) is 16.8 Å². The zero-order valence-electron chi connectivity index (χ0n) is 13.1. The van der Waals surface area contributed by atoms with E-state index in [0.29, 0.717) is 5.56 Å². The predicted octanol–water partition coefficient (Wildman–Crippen LogP) is 4.09. The number of nitrogens with zero attached hydrogens (tertiary/aromatic N) is 1. The molecule has 0 saturated heterocycles. The average molecular weight is 329 g/mol. The molecule has 23 heavy (non-hydrogen) atoms. The van der Waals surface area contributed by atoms with E-state index in [1.807, 2.05) is 32.9 Å². The molecule has 2 aromatic rings. The fraction of sp³-hybridized carbons (Fsp3) is 0.167. The maximum Gasteiger partial charge on any atom is 0.216 e. The first-order valence-electron chi connectivity index (χ1n) is 6.96. The van der Waals surface area contributed by atoms with Crippen LogP contribution in [0.2, 0.25) is 0 Å². The Hall–Kier alpha value is -2.45. The Labute approximate surface area is 135 Å². The second-order valence-corrected chi connectivity index (χ2v) is 7.31. The summed E-state index contributed by atoms with van der Waals surface area (Å²) in [5.41, 5.74) is 3.56. The van der Waals surface area contributed by atoms with Crippen molar-refractivity contribution in [3.63, 3.8) is 0 Å². The van der Waals surface area contributed by atoms with Crippen molar-refractivity contribution in [2.24, 2.45) is 0 Å². The minimum absolute atomic E-state index is 0.103. The van der Waals surface area contributed by atoms with Gasteiger partial charge in [-0.2, -0.15) is 5.26 Å². The van der Waals surface area contributed by atoms with E-state index in [0.717, 1.165) is 41.0 Å². The van der Waals surface area contributed by atoms with E-state index >= 15 is 0 Å². The molecule has 0 unspecified atom stereocenters. The van der Waals surface area contributed by atoms with Gasteiger partial charge in [0, 0.05) is 0 Å². The highest BCUT2D eigenvalue weighted by molar-refractivity contribution is 7.95. The second-order valence-electron chi connectivity index (χ2n) is 5.39. The number of aryl methyl sites for hydroxylation is 3. The zero-order valence-corrected chi connectivity index (χ0v) is 13.9. The number of allylic oxidation sites excluding steroid dienone is 1. The zero-order chi connectivity index (χ0) is 17.2. The third kappa shape index (κ3) is 3.49. The fourth-order valence-corrected chi connectivity index (χ4v) is 3.60. The second kappa shape index (κ2) is 6.35. The van der Waals surface area contributed by atoms with E-state index in [9.17, 15) is 18.1 Å². The van der Waals surface area contributed by atoms with Crippen molar-refractivity contribution < 1.29 is 12.8 Å². The number of benzene rings is 2. The third-order valence-corrected chi connectivity index (χ3v) is 5.22. The summed E-state index contributed by atoms with van der Waals surface area (Å²) in [7, 11) is -3.98. The molecule has 0 heterocycles. The monoisotopic (exact) mass is 329 g/mol. The van der Waals surface area contributed by atoms with E-state index < -0.39 is 15.7 Å². The highest BCUT2D eigenvalue weighted by Crippen LogP contribution is 2.25. The number of rotatable bonds is 3. The molecule has 0 aromatic heterocycles. The number of nitriles is 1. The van der Waals surface area contributed by atoms with Crippen molar-refractivity contribution >= 4 is 15.9 Å². The molecular formula is C18H16FNO2S. The van der Waals surface area contributed by atoms with Crippen molar-refractivity contribution in [3.8, 4) is 6.07 Å². The van der Waals surface area contributed by atoms with Crippen LogP contribution in [0.1, 0.15) is 22.3 Å². The van der Waals surface area contributed by atoms with Crippen molar-refractivity contribution in [1.82, 2.24) is 0 Å². The molecule has 3 nitrogen and oxygen atoms in total. The van der Waals surface area contributed by atoms with Gasteiger partial charge in [-0.25, -0.2) is 12.8 Å². The van der Waals surface area contributed by atoms with Crippen LogP contribution in [0.3, 0.4) is 0 Å². The minimum atomic E-state index is -3.98. The molecule has 0 radical (unpaired) electrons. The lowest BCUT2D eigenvalue weighted by Crippen LogP contribution is -2.04. The molecule has 0 atom stereocenters. The van der Waals surface area contributed by atoms with Crippen LogP contribution in [0, 0.1) is 37.9 Å². The summed E-state index contributed by atoms with van der Waals surface area (Å²) in [4.78, 5) is -0.465. The first-order valence-corrected chi connectivity index (χ1v) is 8.44. The molecule has 2 rings (SSSR count). The molecule has 2 aromatic carbocycles. The first-order chi connectivity index (χ1) is 10.8. The van der Waals surface area contributed by atoms with Crippen molar-refractivity contribution in [3.05, 3.63) is 69.4 Å². The fourth-order valence-electron chi connectivity index (χ4n) is 2.46. The lowest BCUT2D eigenvalue weighted by molar-refractivity contribution is 0.601. The number of sulfone groups is 1. The van der Waals surface area contributed by atoms with Crippen LogP contribution in [0.4, 0.5) is 4.39 Å². The van der Waals surface area contributed by atoms with E-state index in [4.69, 9.17) is 0 Å². The maximum atomic E-state index is 13.0. The van der Waals surface area contributed by atoms with Gasteiger partial charge in [0.2, 0.25) is 9.84 Å². The Morgan fingerprint density at radius 2 is 1.61 bits per heavy atom. The molecule has 5 heteroatoms. The normalized spacial score (nSPS) is 12.0. The molecule has 0 amide bonds. The highest BCUT2D eigenvalue weighted by atomic mass is 32.2. The lowest BCUT2D eigenvalue weighted by Gasteiger charge is -2.09. The van der Waals surface area contributed by atoms with Gasteiger partial charge in [0.25, 0.3) is 0 Å². The Bertz CT molecular complexity index is 897. The predicted molar refractivity (Wildman–Crippen MR) is 87.8 cm³/mol. The molecule has 0 saturated carbocycles. The van der Waals surface area contributed by atoms with Crippen LogP contribution in [0.15, 0.2) is 46.2 Å². The third-order valence-electron chi connectivity index (χ3n) is 3.54. The standard InChI is InChI=1S/C18H16FNO2S/c1-12-8-13(2)18(14(3)9-12)10-17(11-20)23(21,22)16-6-4-15(19)5-7-16/h4-10H,1-3H3. The van der Waals surface area contributed by atoms with Gasteiger partial charge in [-0.15, -0.1) is 0 Å². The molecule has 0 fully saturated rings. The summed E-state index contributed by atoms with van der Waals surface area (Å²) in [5.74, 6) is -0.531. The Morgan fingerprint density at radius 1 is 1.09 bits per heavy atom. The average Bonchev–Trinajstić information content (AvgIpc) is 2.46. The molecule has 118 valence electrons. The van der Waals surface area contributed by atoms with Gasteiger partial charge < -0.3 is 0 Å². The largest absolute Gasteiger partial charge is 0.218 e. The van der Waals surface area contributed by atoms with E-state index in [1.54, 1.807) is 6.07 Å². The van der Waals surface area contributed by atoms with Crippen LogP contribution in [-0.2, 0) is 9.84 Å². The van der Waals surface area contributed by atoms with Crippen LogP contribution >= 0.6 is 0 Å². The van der Waals surface area contributed by atoms with Crippen molar-refractivity contribution in [1.29, 1.82) is 5.26 Å². The summed E-state index contributed by atoms with van der Waals surface area (Å²) < 4.78 is 38.1. The van der Waals surface area contributed by atoms with Gasteiger partial charge in [0.15, 0.2) is 0 Å². The van der Waals surface area contributed by atoms with Gasteiger partial charge in [-0.3, -0.25) is 0 Å². The topological polar surface area (TPSA) is 57.9 Å². The van der Waals surface area contributed by atoms with Crippen molar-refractivity contribution in [2.45, 2.75) is 25.7 Å². The van der Waals surface area contributed by atoms with E-state index in [1.165, 1.54) is 6.08 Å². The van der Waals surface area contributed by atoms with Gasteiger partial charge in [-0.05, 0) is 67.8 Å². The Kier molecular flexibility index (Phi) is 4.67. The summed E-state index contributed by atoms with van der Waals surface area (Å²) >= 11 is 0. The molecule has 0 spiro atoms. The molecule has 0 N–H and O–H groups in total. The summed E-state index contributed by atoms with van der Waals surface area (Å²) in [5, 5.41) is 9.30. The number of hydrogen-bond donors (Lipinski definition) is 0. The maximum absolute atomic E-state index is 13.0. The van der Waals surface area contributed by atoms with Crippen molar-refractivity contribution in [2.75, 3.05) is 0 Å². The Morgan fingerprint density at radius 3 is 2.09 bits per heavy atom. The van der Waals surface area contributed by atoms with E-state index in [-0.39, 0.29) is 9.80 Å². The van der Waals surface area contributed by atoms with Crippen LogP contribution in [0.5, 0.6) is 0 Å². The lowest BCUT2D eigenvalue weighted by atomic mass is 9.99. The van der Waals surface area contributed by atoms with Gasteiger partial charge in [0.05, 0.1) is 4.90 Å². The van der Waals surface area contributed by atoms with Crippen LogP contribution < -0.4 is 0 Å². The number of halogens is 1. The molecule has 0 bridgehead atoms. The summed E-state index contributed by atoms with van der Waals surface area (Å²) in [6.45, 7) is 5.69.